The number of aryl methyl sites for hydroxylation is 1. The Kier molecular flexibility index (Phi) is 11.4. The Balaban J connectivity index is 1.43. The number of ether oxygens (including phenoxy) is 1. The van der Waals surface area contributed by atoms with Gasteiger partial charge in [0.15, 0.2) is 23.0 Å². The zero-order chi connectivity index (χ0) is 32.3. The zero-order valence-corrected chi connectivity index (χ0v) is 24.9. The van der Waals surface area contributed by atoms with E-state index in [-0.39, 0.29) is 42.8 Å². The van der Waals surface area contributed by atoms with Gasteiger partial charge in [-0.25, -0.2) is 14.4 Å². The number of hydrogen-bond acceptors (Lipinski definition) is 8. The van der Waals surface area contributed by atoms with Crippen molar-refractivity contribution in [3.05, 3.63) is 71.7 Å². The number of amides is 2. The molecular formula is C32H36F2N8O3. The van der Waals surface area contributed by atoms with Crippen LogP contribution in [0, 0.1) is 24.0 Å². The SMILES string of the molecule is C#CCOc1ccc(-c2cnc3c(Nc4ccc(C(=O)NCCNC(=O)[C@@H](N)CCCCN)c(CC)c4)nccn23)c(F)c1F. The summed E-state index contributed by atoms with van der Waals surface area (Å²) in [5.41, 5.74) is 14.0. The van der Waals surface area contributed by atoms with Gasteiger partial charge in [0.05, 0.1) is 17.9 Å². The van der Waals surface area contributed by atoms with E-state index in [2.05, 4.69) is 31.8 Å². The fourth-order valence-corrected chi connectivity index (χ4v) is 4.72. The van der Waals surface area contributed by atoms with Crippen LogP contribution in [-0.4, -0.2) is 58.5 Å². The average Bonchev–Trinajstić information content (AvgIpc) is 3.48. The van der Waals surface area contributed by atoms with Crippen molar-refractivity contribution in [2.45, 2.75) is 38.6 Å². The Labute approximate surface area is 259 Å². The predicted octanol–water partition coefficient (Wildman–Crippen LogP) is 3.29. The van der Waals surface area contributed by atoms with E-state index in [9.17, 15) is 18.4 Å². The number of terminal acetylenes is 1. The van der Waals surface area contributed by atoms with Crippen LogP contribution in [0.1, 0.15) is 42.1 Å². The van der Waals surface area contributed by atoms with Crippen molar-refractivity contribution in [1.82, 2.24) is 25.0 Å². The summed E-state index contributed by atoms with van der Waals surface area (Å²) in [4.78, 5) is 33.8. The van der Waals surface area contributed by atoms with Gasteiger partial charge in [0.2, 0.25) is 11.7 Å². The number of unbranched alkanes of at least 4 members (excludes halogenated alkanes) is 1. The lowest BCUT2D eigenvalue weighted by atomic mass is 10.0. The van der Waals surface area contributed by atoms with E-state index in [0.29, 0.717) is 47.8 Å². The molecule has 0 fully saturated rings. The first-order chi connectivity index (χ1) is 21.8. The summed E-state index contributed by atoms with van der Waals surface area (Å²) in [6, 6.07) is 7.36. The van der Waals surface area contributed by atoms with Gasteiger partial charge in [-0.15, -0.1) is 6.42 Å². The molecule has 7 N–H and O–H groups in total. The molecule has 0 unspecified atom stereocenters. The Bertz CT molecular complexity index is 1700. The molecule has 236 valence electrons. The van der Waals surface area contributed by atoms with Crippen LogP contribution in [0.5, 0.6) is 5.75 Å². The van der Waals surface area contributed by atoms with Gasteiger partial charge < -0.3 is 32.2 Å². The van der Waals surface area contributed by atoms with E-state index in [0.717, 1.165) is 18.4 Å². The number of nitrogens with two attached hydrogens (primary N) is 2. The van der Waals surface area contributed by atoms with Gasteiger partial charge in [-0.3, -0.25) is 14.0 Å². The van der Waals surface area contributed by atoms with Crippen LogP contribution in [0.25, 0.3) is 16.9 Å². The Morgan fingerprint density at radius 3 is 2.67 bits per heavy atom. The Morgan fingerprint density at radius 1 is 1.11 bits per heavy atom. The van der Waals surface area contributed by atoms with Gasteiger partial charge in [0.1, 0.15) is 6.61 Å². The second-order valence-electron chi connectivity index (χ2n) is 10.1. The highest BCUT2D eigenvalue weighted by atomic mass is 19.2. The molecule has 45 heavy (non-hydrogen) atoms. The summed E-state index contributed by atoms with van der Waals surface area (Å²) in [7, 11) is 0. The molecule has 2 aromatic carbocycles. The van der Waals surface area contributed by atoms with Crippen molar-refractivity contribution in [2.24, 2.45) is 11.5 Å². The van der Waals surface area contributed by atoms with Crippen LogP contribution >= 0.6 is 0 Å². The first-order valence-corrected chi connectivity index (χ1v) is 14.6. The highest BCUT2D eigenvalue weighted by Crippen LogP contribution is 2.32. The minimum Gasteiger partial charge on any atom is -0.478 e. The summed E-state index contributed by atoms with van der Waals surface area (Å²) in [6.07, 6.45) is 12.4. The predicted molar refractivity (Wildman–Crippen MR) is 168 cm³/mol. The van der Waals surface area contributed by atoms with Gasteiger partial charge in [-0.1, -0.05) is 19.3 Å². The molecule has 2 heterocycles. The van der Waals surface area contributed by atoms with Crippen LogP contribution in [0.4, 0.5) is 20.3 Å². The normalized spacial score (nSPS) is 11.6. The standard InChI is InChI=1S/C32H36F2N8O3/c1-3-17-45-26-11-10-23(27(33)28(26)34)25-19-40-30-29(37-15-16-42(25)30)41-21-8-9-22(20(4-2)18-21)31(43)38-13-14-39-32(44)24(36)7-5-6-12-35/h1,8-11,15-16,18-19,24H,4-7,12-14,17,35-36H2,2H3,(H,37,41)(H,38,43)(H,39,44)/t24-/m0/s1. The Hall–Kier alpha value is -5.06. The molecule has 4 aromatic rings. The fourth-order valence-electron chi connectivity index (χ4n) is 4.72. The highest BCUT2D eigenvalue weighted by Gasteiger charge is 2.20. The van der Waals surface area contributed by atoms with E-state index in [1.807, 2.05) is 13.0 Å². The second-order valence-corrected chi connectivity index (χ2v) is 10.1. The number of nitrogens with zero attached hydrogens (tertiary/aromatic N) is 3. The summed E-state index contributed by atoms with van der Waals surface area (Å²) < 4.78 is 36.3. The molecule has 0 radical (unpaired) electrons. The van der Waals surface area contributed by atoms with Gasteiger partial charge in [-0.2, -0.15) is 4.39 Å². The highest BCUT2D eigenvalue weighted by molar-refractivity contribution is 5.96. The van der Waals surface area contributed by atoms with Crippen LogP contribution in [0.15, 0.2) is 48.9 Å². The van der Waals surface area contributed by atoms with Crippen molar-refractivity contribution >= 4 is 29.0 Å². The lowest BCUT2D eigenvalue weighted by Crippen LogP contribution is -2.43. The van der Waals surface area contributed by atoms with Crippen LogP contribution in [0.2, 0.25) is 0 Å². The average molecular weight is 619 g/mol. The molecule has 0 saturated carbocycles. The van der Waals surface area contributed by atoms with Crippen LogP contribution in [-0.2, 0) is 11.2 Å². The van der Waals surface area contributed by atoms with Gasteiger partial charge in [-0.05, 0) is 61.7 Å². The molecule has 0 aliphatic rings. The first-order valence-electron chi connectivity index (χ1n) is 14.6. The van der Waals surface area contributed by atoms with E-state index in [1.165, 1.54) is 24.5 Å². The number of halogens is 2. The third-order valence-electron chi connectivity index (χ3n) is 7.07. The number of rotatable bonds is 15. The molecule has 0 bridgehead atoms. The molecule has 13 heteroatoms. The molecule has 4 rings (SSSR count). The lowest BCUT2D eigenvalue weighted by molar-refractivity contribution is -0.122. The Morgan fingerprint density at radius 2 is 1.91 bits per heavy atom. The second kappa shape index (κ2) is 15.6. The smallest absolute Gasteiger partial charge is 0.251 e. The summed E-state index contributed by atoms with van der Waals surface area (Å²) in [6.45, 7) is 2.78. The third-order valence-corrected chi connectivity index (χ3v) is 7.07. The molecular weight excluding hydrogens is 582 g/mol. The number of carbonyl (C=O) groups excluding carboxylic acids is 2. The maximum Gasteiger partial charge on any atom is 0.251 e. The van der Waals surface area contributed by atoms with E-state index in [4.69, 9.17) is 22.6 Å². The minimum atomic E-state index is -1.15. The molecule has 0 aliphatic carbocycles. The summed E-state index contributed by atoms with van der Waals surface area (Å²) in [5.74, 6) is -0.476. The summed E-state index contributed by atoms with van der Waals surface area (Å²) in [5, 5.41) is 8.77. The fraction of sp³-hybridized carbons (Fsp3) is 0.312. The van der Waals surface area contributed by atoms with E-state index in [1.54, 1.807) is 22.7 Å². The number of fused-ring (bicyclic) bond motifs is 1. The molecule has 2 aromatic heterocycles. The lowest BCUT2D eigenvalue weighted by Gasteiger charge is -2.14. The summed E-state index contributed by atoms with van der Waals surface area (Å²) >= 11 is 0. The molecule has 11 nitrogen and oxygen atoms in total. The first kappa shape index (κ1) is 32.8. The van der Waals surface area contributed by atoms with E-state index < -0.39 is 17.7 Å². The zero-order valence-electron chi connectivity index (χ0n) is 24.9. The van der Waals surface area contributed by atoms with E-state index >= 15 is 0 Å². The topological polar surface area (TPSA) is 162 Å². The number of nitrogens with one attached hydrogen (secondary N) is 3. The third kappa shape index (κ3) is 7.91. The number of imidazole rings is 1. The molecule has 1 atom stereocenters. The number of hydrogen-bond donors (Lipinski definition) is 5. The largest absolute Gasteiger partial charge is 0.478 e. The number of aromatic nitrogens is 3. The van der Waals surface area contributed by atoms with Crippen molar-refractivity contribution in [3.63, 3.8) is 0 Å². The maximum atomic E-state index is 15.0. The number of benzene rings is 2. The minimum absolute atomic E-state index is 0.0150. The van der Waals surface area contributed by atoms with Gasteiger partial charge in [0, 0.05) is 42.3 Å². The maximum absolute atomic E-state index is 15.0. The van der Waals surface area contributed by atoms with Crippen molar-refractivity contribution in [2.75, 3.05) is 31.6 Å². The number of anilines is 2. The quantitative estimate of drug-likeness (QED) is 0.100. The van der Waals surface area contributed by atoms with Gasteiger partial charge >= 0.3 is 0 Å². The van der Waals surface area contributed by atoms with Crippen molar-refractivity contribution < 1.29 is 23.1 Å². The molecule has 0 aliphatic heterocycles. The molecule has 2 amide bonds. The van der Waals surface area contributed by atoms with Crippen molar-refractivity contribution in [1.29, 1.82) is 0 Å². The van der Waals surface area contributed by atoms with Gasteiger partial charge in [0.25, 0.3) is 5.91 Å². The molecule has 0 saturated heterocycles. The monoisotopic (exact) mass is 618 g/mol. The van der Waals surface area contributed by atoms with Crippen LogP contribution < -0.4 is 32.2 Å². The van der Waals surface area contributed by atoms with Crippen LogP contribution in [0.3, 0.4) is 0 Å². The number of carbonyl (C=O) groups is 2. The molecule has 0 spiro atoms. The van der Waals surface area contributed by atoms with Crippen molar-refractivity contribution in [3.8, 4) is 29.4 Å².